The first kappa shape index (κ1) is 14.3. The summed E-state index contributed by atoms with van der Waals surface area (Å²) in [5.41, 5.74) is -0.875. The maximum Gasteiger partial charge on any atom is 0.416 e. The number of carboxylic acids is 1. The van der Waals surface area contributed by atoms with Crippen LogP contribution in [0.4, 0.5) is 13.2 Å². The van der Waals surface area contributed by atoms with E-state index in [2.05, 4.69) is 4.98 Å². The van der Waals surface area contributed by atoms with E-state index in [1.165, 1.54) is 12.1 Å². The van der Waals surface area contributed by atoms with Crippen LogP contribution in [-0.4, -0.2) is 16.1 Å². The molecular formula is C13H7ClF3NO2. The number of aromatic nitrogens is 1. The van der Waals surface area contributed by atoms with Crippen LogP contribution in [-0.2, 0) is 6.18 Å². The topological polar surface area (TPSA) is 50.2 Å². The summed E-state index contributed by atoms with van der Waals surface area (Å²) >= 11 is 5.60. The van der Waals surface area contributed by atoms with Crippen molar-refractivity contribution in [3.63, 3.8) is 0 Å². The molecular weight excluding hydrogens is 295 g/mol. The Morgan fingerprint density at radius 3 is 2.55 bits per heavy atom. The Balaban J connectivity index is 2.60. The van der Waals surface area contributed by atoms with Crippen LogP contribution < -0.4 is 0 Å². The van der Waals surface area contributed by atoms with Gasteiger partial charge in [0.05, 0.1) is 11.1 Å². The highest BCUT2D eigenvalue weighted by atomic mass is 35.5. The second-order valence-corrected chi connectivity index (χ2v) is 4.32. The maximum absolute atomic E-state index is 12.7. The second kappa shape index (κ2) is 5.13. The van der Waals surface area contributed by atoms with Crippen LogP contribution in [0.15, 0.2) is 36.5 Å². The summed E-state index contributed by atoms with van der Waals surface area (Å²) < 4.78 is 38.0. The molecule has 0 aliphatic heterocycles. The highest BCUT2D eigenvalue weighted by Gasteiger charge is 2.30. The molecule has 0 radical (unpaired) electrons. The molecule has 1 N–H and O–H groups in total. The first-order valence-electron chi connectivity index (χ1n) is 5.35. The number of hydrogen-bond donors (Lipinski definition) is 1. The van der Waals surface area contributed by atoms with Gasteiger partial charge in [-0.2, -0.15) is 13.2 Å². The van der Waals surface area contributed by atoms with Crippen LogP contribution in [0.25, 0.3) is 11.1 Å². The van der Waals surface area contributed by atoms with Crippen molar-refractivity contribution in [3.05, 3.63) is 52.8 Å². The molecule has 1 aromatic carbocycles. The quantitative estimate of drug-likeness (QED) is 0.849. The fourth-order valence-electron chi connectivity index (χ4n) is 1.70. The third kappa shape index (κ3) is 2.91. The molecule has 0 bridgehead atoms. The van der Waals surface area contributed by atoms with Crippen molar-refractivity contribution in [3.8, 4) is 11.1 Å². The number of hydrogen-bond acceptors (Lipinski definition) is 2. The van der Waals surface area contributed by atoms with Crippen molar-refractivity contribution >= 4 is 17.6 Å². The molecule has 2 rings (SSSR count). The first-order chi connectivity index (χ1) is 9.29. The summed E-state index contributed by atoms with van der Waals surface area (Å²) in [5, 5.41) is 9.03. The Bertz CT molecular complexity index is 671. The summed E-state index contributed by atoms with van der Waals surface area (Å²) in [6.45, 7) is 0. The lowest BCUT2D eigenvalue weighted by Gasteiger charge is -2.10. The number of carbonyl (C=O) groups is 1. The zero-order valence-electron chi connectivity index (χ0n) is 9.78. The lowest BCUT2D eigenvalue weighted by atomic mass is 10.00. The van der Waals surface area contributed by atoms with E-state index in [-0.39, 0.29) is 21.8 Å². The van der Waals surface area contributed by atoms with E-state index in [1.807, 2.05) is 0 Å². The van der Waals surface area contributed by atoms with Crippen molar-refractivity contribution in [2.45, 2.75) is 6.18 Å². The number of rotatable bonds is 2. The highest BCUT2D eigenvalue weighted by molar-refractivity contribution is 6.29. The number of pyridine rings is 1. The zero-order valence-corrected chi connectivity index (χ0v) is 10.5. The molecule has 1 aromatic heterocycles. The van der Waals surface area contributed by atoms with Gasteiger partial charge in [0.1, 0.15) is 5.15 Å². The van der Waals surface area contributed by atoms with Gasteiger partial charge in [0.2, 0.25) is 0 Å². The third-order valence-electron chi connectivity index (χ3n) is 2.60. The van der Waals surface area contributed by atoms with Crippen molar-refractivity contribution in [2.75, 3.05) is 0 Å². The number of benzene rings is 1. The van der Waals surface area contributed by atoms with E-state index in [0.717, 1.165) is 24.4 Å². The molecule has 1 heterocycles. The fourth-order valence-corrected chi connectivity index (χ4v) is 1.86. The maximum atomic E-state index is 12.7. The Kier molecular flexibility index (Phi) is 3.67. The van der Waals surface area contributed by atoms with E-state index >= 15 is 0 Å². The molecule has 0 atom stereocenters. The second-order valence-electron chi connectivity index (χ2n) is 3.94. The van der Waals surface area contributed by atoms with E-state index in [4.69, 9.17) is 16.7 Å². The van der Waals surface area contributed by atoms with Crippen LogP contribution in [0.3, 0.4) is 0 Å². The normalized spacial score (nSPS) is 11.4. The van der Waals surface area contributed by atoms with Gasteiger partial charge in [0.25, 0.3) is 0 Å². The molecule has 7 heteroatoms. The Labute approximate surface area is 116 Å². The molecule has 2 aromatic rings. The third-order valence-corrected chi connectivity index (χ3v) is 2.81. The Morgan fingerprint density at radius 2 is 1.95 bits per heavy atom. The predicted molar refractivity (Wildman–Crippen MR) is 66.6 cm³/mol. The van der Waals surface area contributed by atoms with Gasteiger partial charge in [-0.05, 0) is 23.8 Å². The van der Waals surface area contributed by atoms with Crippen LogP contribution >= 0.6 is 11.6 Å². The van der Waals surface area contributed by atoms with Crippen LogP contribution in [0.1, 0.15) is 15.9 Å². The van der Waals surface area contributed by atoms with E-state index in [9.17, 15) is 18.0 Å². The minimum absolute atomic E-state index is 0.0434. The minimum atomic E-state index is -4.50. The van der Waals surface area contributed by atoms with Gasteiger partial charge in [-0.1, -0.05) is 23.7 Å². The largest absolute Gasteiger partial charge is 0.478 e. The molecule has 0 saturated heterocycles. The van der Waals surface area contributed by atoms with Gasteiger partial charge < -0.3 is 5.11 Å². The molecule has 0 aliphatic rings. The van der Waals surface area contributed by atoms with Gasteiger partial charge in [-0.25, -0.2) is 9.78 Å². The lowest BCUT2D eigenvalue weighted by Crippen LogP contribution is -2.05. The summed E-state index contributed by atoms with van der Waals surface area (Å²) in [6.07, 6.45) is -3.36. The lowest BCUT2D eigenvalue weighted by molar-refractivity contribution is -0.137. The van der Waals surface area contributed by atoms with E-state index < -0.39 is 17.7 Å². The number of halogens is 4. The summed E-state index contributed by atoms with van der Waals surface area (Å²) in [5.74, 6) is -1.29. The average molecular weight is 302 g/mol. The first-order valence-corrected chi connectivity index (χ1v) is 5.73. The molecule has 0 aliphatic carbocycles. The predicted octanol–water partition coefficient (Wildman–Crippen LogP) is 4.12. The summed E-state index contributed by atoms with van der Waals surface area (Å²) in [7, 11) is 0. The summed E-state index contributed by atoms with van der Waals surface area (Å²) in [6, 6.07) is 5.47. The molecule has 0 amide bonds. The molecule has 20 heavy (non-hydrogen) atoms. The smallest absolute Gasteiger partial charge is 0.416 e. The van der Waals surface area contributed by atoms with Crippen LogP contribution in [0.5, 0.6) is 0 Å². The molecule has 104 valence electrons. The van der Waals surface area contributed by atoms with Gasteiger partial charge in [-0.3, -0.25) is 0 Å². The standard InChI is InChI=1S/C13H7ClF3NO2/c14-11-5-9(12(19)20)10(6-18-11)7-2-1-3-8(4-7)13(15,16)17/h1-6H,(H,19,20). The van der Waals surface area contributed by atoms with Gasteiger partial charge >= 0.3 is 12.1 Å². The number of aromatic carboxylic acids is 1. The highest BCUT2D eigenvalue weighted by Crippen LogP contribution is 2.33. The minimum Gasteiger partial charge on any atom is -0.478 e. The monoisotopic (exact) mass is 301 g/mol. The molecule has 3 nitrogen and oxygen atoms in total. The van der Waals surface area contributed by atoms with Crippen LogP contribution in [0, 0.1) is 0 Å². The van der Waals surface area contributed by atoms with E-state index in [0.29, 0.717) is 0 Å². The van der Waals surface area contributed by atoms with Gasteiger partial charge in [-0.15, -0.1) is 0 Å². The van der Waals surface area contributed by atoms with Crippen molar-refractivity contribution in [1.82, 2.24) is 4.98 Å². The fraction of sp³-hybridized carbons (Fsp3) is 0.0769. The molecule has 0 fully saturated rings. The molecule has 0 unspecified atom stereocenters. The van der Waals surface area contributed by atoms with Gasteiger partial charge in [0.15, 0.2) is 0 Å². The van der Waals surface area contributed by atoms with Crippen LogP contribution in [0.2, 0.25) is 5.15 Å². The SMILES string of the molecule is O=C(O)c1cc(Cl)ncc1-c1cccc(C(F)(F)F)c1. The van der Waals surface area contributed by atoms with Gasteiger partial charge in [0, 0.05) is 11.8 Å². The molecule has 0 spiro atoms. The summed E-state index contributed by atoms with van der Waals surface area (Å²) in [4.78, 5) is 14.8. The zero-order chi connectivity index (χ0) is 14.9. The Hall–Kier alpha value is -2.08. The Morgan fingerprint density at radius 1 is 1.25 bits per heavy atom. The average Bonchev–Trinajstić information content (AvgIpc) is 2.37. The van der Waals surface area contributed by atoms with Crippen molar-refractivity contribution < 1.29 is 23.1 Å². The number of carboxylic acid groups (broad SMARTS) is 1. The van der Waals surface area contributed by atoms with E-state index in [1.54, 1.807) is 0 Å². The number of nitrogens with zero attached hydrogens (tertiary/aromatic N) is 1. The van der Waals surface area contributed by atoms with Crippen molar-refractivity contribution in [2.24, 2.45) is 0 Å². The molecule has 0 saturated carbocycles. The van der Waals surface area contributed by atoms with Crippen molar-refractivity contribution in [1.29, 1.82) is 0 Å². The number of alkyl halides is 3.